The zero-order valence-corrected chi connectivity index (χ0v) is 11.2. The van der Waals surface area contributed by atoms with Crippen molar-refractivity contribution >= 4 is 11.9 Å². The van der Waals surface area contributed by atoms with E-state index < -0.39 is 5.97 Å². The van der Waals surface area contributed by atoms with Gasteiger partial charge in [-0.1, -0.05) is 6.42 Å². The Morgan fingerprint density at radius 3 is 2.84 bits per heavy atom. The summed E-state index contributed by atoms with van der Waals surface area (Å²) in [5.74, 6) is -1.24. The number of nitrogens with one attached hydrogen (secondary N) is 1. The van der Waals surface area contributed by atoms with Crippen LogP contribution >= 0.6 is 0 Å². The molecule has 0 bridgehead atoms. The van der Waals surface area contributed by atoms with Gasteiger partial charge in [0.15, 0.2) is 0 Å². The average Bonchev–Trinajstić information content (AvgIpc) is 2.92. The number of carbonyl (C=O) groups is 2. The first-order valence-electron chi connectivity index (χ1n) is 6.50. The summed E-state index contributed by atoms with van der Waals surface area (Å²) in [6.45, 7) is 2.24. The normalized spacial score (nSPS) is 22.4. The molecule has 0 radical (unpaired) electrons. The molecule has 1 aromatic heterocycles. The first kappa shape index (κ1) is 13.6. The molecule has 6 nitrogen and oxygen atoms in total. The predicted molar refractivity (Wildman–Crippen MR) is 68.7 cm³/mol. The molecule has 2 unspecified atom stereocenters. The van der Waals surface area contributed by atoms with Crippen LogP contribution in [0, 0.1) is 18.8 Å². The van der Waals surface area contributed by atoms with Gasteiger partial charge in [-0.25, -0.2) is 0 Å². The third-order valence-electron chi connectivity index (χ3n) is 3.74. The molecule has 1 aliphatic carbocycles. The van der Waals surface area contributed by atoms with Crippen molar-refractivity contribution in [3.63, 3.8) is 0 Å². The lowest BCUT2D eigenvalue weighted by Crippen LogP contribution is -2.33. The van der Waals surface area contributed by atoms with Crippen LogP contribution in [0.4, 0.5) is 0 Å². The lowest BCUT2D eigenvalue weighted by molar-refractivity contribution is -0.142. The quantitative estimate of drug-likeness (QED) is 0.849. The summed E-state index contributed by atoms with van der Waals surface area (Å²) in [6.07, 6.45) is 2.49. The molecule has 1 fully saturated rings. The van der Waals surface area contributed by atoms with E-state index in [-0.39, 0.29) is 17.7 Å². The van der Waals surface area contributed by atoms with Crippen molar-refractivity contribution in [3.8, 4) is 0 Å². The number of amides is 1. The summed E-state index contributed by atoms with van der Waals surface area (Å²) in [4.78, 5) is 23.0. The van der Waals surface area contributed by atoms with E-state index in [1.807, 2.05) is 6.92 Å². The maximum absolute atomic E-state index is 12.0. The van der Waals surface area contributed by atoms with Gasteiger partial charge >= 0.3 is 5.97 Å². The Morgan fingerprint density at radius 2 is 2.26 bits per heavy atom. The monoisotopic (exact) mass is 265 g/mol. The molecule has 2 rings (SSSR count). The van der Waals surface area contributed by atoms with Crippen LogP contribution in [0.25, 0.3) is 0 Å². The van der Waals surface area contributed by atoms with Crippen molar-refractivity contribution in [3.05, 3.63) is 17.5 Å². The van der Waals surface area contributed by atoms with Crippen molar-refractivity contribution in [2.24, 2.45) is 18.9 Å². The van der Waals surface area contributed by atoms with E-state index in [4.69, 9.17) is 5.11 Å². The Balaban J connectivity index is 1.94. The van der Waals surface area contributed by atoms with Crippen LogP contribution in [0.3, 0.4) is 0 Å². The van der Waals surface area contributed by atoms with Crippen molar-refractivity contribution in [2.75, 3.05) is 6.54 Å². The van der Waals surface area contributed by atoms with Crippen LogP contribution in [0.5, 0.6) is 0 Å². The highest BCUT2D eigenvalue weighted by molar-refractivity contribution is 5.92. The summed E-state index contributed by atoms with van der Waals surface area (Å²) in [5, 5.41) is 16.0. The van der Waals surface area contributed by atoms with Crippen LogP contribution in [-0.2, 0) is 11.8 Å². The minimum atomic E-state index is -0.756. The first-order chi connectivity index (χ1) is 8.99. The van der Waals surface area contributed by atoms with Gasteiger partial charge in [0.05, 0.1) is 11.6 Å². The summed E-state index contributed by atoms with van der Waals surface area (Å²) in [6, 6.07) is 1.72. The molecule has 1 amide bonds. The number of hydrogen-bond acceptors (Lipinski definition) is 3. The Morgan fingerprint density at radius 1 is 1.53 bits per heavy atom. The molecule has 104 valence electrons. The zero-order chi connectivity index (χ0) is 14.0. The number of rotatable bonds is 4. The molecule has 6 heteroatoms. The highest BCUT2D eigenvalue weighted by Crippen LogP contribution is 2.31. The SMILES string of the molecule is Cc1cc(C(=O)NCC2CCCC2C(=O)O)n(C)n1. The molecule has 2 N–H and O–H groups in total. The number of aromatic nitrogens is 2. The van der Waals surface area contributed by atoms with E-state index in [0.29, 0.717) is 18.7 Å². The van der Waals surface area contributed by atoms with Gasteiger partial charge < -0.3 is 10.4 Å². The molecular formula is C13H19N3O3. The zero-order valence-electron chi connectivity index (χ0n) is 11.2. The van der Waals surface area contributed by atoms with E-state index in [9.17, 15) is 9.59 Å². The summed E-state index contributed by atoms with van der Waals surface area (Å²) in [7, 11) is 1.72. The van der Waals surface area contributed by atoms with Gasteiger partial charge in [-0.05, 0) is 31.7 Å². The molecule has 1 saturated carbocycles. The summed E-state index contributed by atoms with van der Waals surface area (Å²) < 4.78 is 1.54. The Labute approximate surface area is 111 Å². The van der Waals surface area contributed by atoms with Gasteiger partial charge in [0.2, 0.25) is 0 Å². The molecule has 0 spiro atoms. The minimum Gasteiger partial charge on any atom is -0.481 e. The van der Waals surface area contributed by atoms with Crippen LogP contribution in [0.1, 0.15) is 35.4 Å². The number of hydrogen-bond donors (Lipinski definition) is 2. The molecule has 19 heavy (non-hydrogen) atoms. The lowest BCUT2D eigenvalue weighted by atomic mass is 9.96. The van der Waals surface area contributed by atoms with Crippen molar-refractivity contribution < 1.29 is 14.7 Å². The topological polar surface area (TPSA) is 84.2 Å². The smallest absolute Gasteiger partial charge is 0.306 e. The number of aryl methyl sites for hydroxylation is 2. The van der Waals surface area contributed by atoms with Crippen molar-refractivity contribution in [1.29, 1.82) is 0 Å². The highest BCUT2D eigenvalue weighted by atomic mass is 16.4. The molecule has 1 heterocycles. The second-order valence-corrected chi connectivity index (χ2v) is 5.14. The van der Waals surface area contributed by atoms with Crippen LogP contribution in [0.15, 0.2) is 6.07 Å². The van der Waals surface area contributed by atoms with E-state index in [1.165, 1.54) is 4.68 Å². The van der Waals surface area contributed by atoms with E-state index >= 15 is 0 Å². The second kappa shape index (κ2) is 5.42. The van der Waals surface area contributed by atoms with E-state index in [1.54, 1.807) is 13.1 Å². The minimum absolute atomic E-state index is 0.0378. The predicted octanol–water partition coefficient (Wildman–Crippen LogP) is 0.959. The van der Waals surface area contributed by atoms with Crippen molar-refractivity contribution in [1.82, 2.24) is 15.1 Å². The molecule has 2 atom stereocenters. The summed E-state index contributed by atoms with van der Waals surface area (Å²) in [5.41, 5.74) is 1.29. The molecule has 1 aliphatic rings. The van der Waals surface area contributed by atoms with E-state index in [0.717, 1.165) is 18.5 Å². The number of carbonyl (C=O) groups excluding carboxylic acids is 1. The maximum atomic E-state index is 12.0. The Hall–Kier alpha value is -1.85. The standard InChI is InChI=1S/C13H19N3O3/c1-8-6-11(16(2)15-8)12(17)14-7-9-4-3-5-10(9)13(18)19/h6,9-10H,3-5,7H2,1-2H3,(H,14,17)(H,18,19). The fraction of sp³-hybridized carbons (Fsp3) is 0.615. The first-order valence-corrected chi connectivity index (χ1v) is 6.50. The number of carboxylic acid groups (broad SMARTS) is 1. The Kier molecular flexibility index (Phi) is 3.87. The number of aliphatic carboxylic acids is 1. The molecule has 1 aromatic rings. The van der Waals surface area contributed by atoms with Gasteiger partial charge in [0.1, 0.15) is 5.69 Å². The fourth-order valence-electron chi connectivity index (χ4n) is 2.74. The third-order valence-corrected chi connectivity index (χ3v) is 3.74. The third kappa shape index (κ3) is 2.94. The number of carboxylic acids is 1. The largest absolute Gasteiger partial charge is 0.481 e. The maximum Gasteiger partial charge on any atom is 0.306 e. The highest BCUT2D eigenvalue weighted by Gasteiger charge is 2.33. The van der Waals surface area contributed by atoms with Crippen LogP contribution < -0.4 is 5.32 Å². The van der Waals surface area contributed by atoms with Gasteiger partial charge in [-0.3, -0.25) is 14.3 Å². The van der Waals surface area contributed by atoms with E-state index in [2.05, 4.69) is 10.4 Å². The van der Waals surface area contributed by atoms with Gasteiger partial charge in [-0.15, -0.1) is 0 Å². The molecule has 0 aliphatic heterocycles. The lowest BCUT2D eigenvalue weighted by Gasteiger charge is -2.16. The van der Waals surface area contributed by atoms with Gasteiger partial charge in [-0.2, -0.15) is 5.10 Å². The fourth-order valence-corrected chi connectivity index (χ4v) is 2.74. The number of nitrogens with zero attached hydrogens (tertiary/aromatic N) is 2. The van der Waals surface area contributed by atoms with Crippen LogP contribution in [-0.4, -0.2) is 33.3 Å². The van der Waals surface area contributed by atoms with Crippen molar-refractivity contribution in [2.45, 2.75) is 26.2 Å². The van der Waals surface area contributed by atoms with Gasteiger partial charge in [0.25, 0.3) is 5.91 Å². The van der Waals surface area contributed by atoms with Crippen LogP contribution in [0.2, 0.25) is 0 Å². The van der Waals surface area contributed by atoms with Gasteiger partial charge in [0, 0.05) is 13.6 Å². The molecular weight excluding hydrogens is 246 g/mol. The second-order valence-electron chi connectivity index (χ2n) is 5.14. The Bertz CT molecular complexity index is 495. The molecule has 0 aromatic carbocycles. The summed E-state index contributed by atoms with van der Waals surface area (Å²) >= 11 is 0. The average molecular weight is 265 g/mol. The molecule has 0 saturated heterocycles.